The molecule has 0 spiro atoms. The monoisotopic (exact) mass is 492 g/mol. The van der Waals surface area contributed by atoms with Crippen molar-refractivity contribution < 1.29 is 33.7 Å². The van der Waals surface area contributed by atoms with E-state index in [0.717, 1.165) is 4.90 Å². The van der Waals surface area contributed by atoms with Crippen molar-refractivity contribution in [2.45, 2.75) is 25.4 Å². The van der Waals surface area contributed by atoms with E-state index in [1.807, 2.05) is 0 Å². The third kappa shape index (κ3) is 5.11. The van der Waals surface area contributed by atoms with Crippen LogP contribution in [0.1, 0.15) is 39.1 Å². The van der Waals surface area contributed by atoms with Crippen molar-refractivity contribution in [3.63, 3.8) is 0 Å². The van der Waals surface area contributed by atoms with Gasteiger partial charge in [0.05, 0.1) is 30.3 Å². The SMILES string of the molecule is COc1ccc(-c2cc(CCC(O)C(CCN3C(=O)c4ccccc4C3=O)C(=O)O)ccc2F)cn1. The highest BCUT2D eigenvalue weighted by molar-refractivity contribution is 6.21. The van der Waals surface area contributed by atoms with E-state index in [1.54, 1.807) is 48.5 Å². The quantitative estimate of drug-likeness (QED) is 0.416. The number of amides is 2. The lowest BCUT2D eigenvalue weighted by Gasteiger charge is -2.22. The number of carboxylic acid groups (broad SMARTS) is 1. The second-order valence-electron chi connectivity index (χ2n) is 8.55. The van der Waals surface area contributed by atoms with Crippen molar-refractivity contribution in [2.75, 3.05) is 13.7 Å². The standard InChI is InChI=1S/C27H25FN2O6/c1-36-24-11-8-17(15-29-24)21-14-16(6-9-22(21)28)7-10-23(31)20(27(34)35)12-13-30-25(32)18-4-2-3-5-19(18)26(30)33/h2-6,8-9,11,14-15,20,23,31H,7,10,12-13H2,1H3,(H,34,35). The Morgan fingerprint density at radius 1 is 1.03 bits per heavy atom. The Bertz CT molecular complexity index is 1260. The predicted octanol–water partition coefficient (Wildman–Crippen LogP) is 3.58. The minimum absolute atomic E-state index is 0.0891. The fourth-order valence-electron chi connectivity index (χ4n) is 4.32. The summed E-state index contributed by atoms with van der Waals surface area (Å²) in [6.45, 7) is -0.120. The maximum absolute atomic E-state index is 14.4. The van der Waals surface area contributed by atoms with Gasteiger partial charge in [-0.15, -0.1) is 0 Å². The summed E-state index contributed by atoms with van der Waals surface area (Å²) in [5.41, 5.74) is 2.17. The Labute approximate surface area is 207 Å². The molecule has 1 aromatic heterocycles. The molecule has 2 unspecified atom stereocenters. The van der Waals surface area contributed by atoms with Crippen molar-refractivity contribution in [1.82, 2.24) is 9.88 Å². The Balaban J connectivity index is 1.40. The van der Waals surface area contributed by atoms with Crippen LogP contribution in [0.25, 0.3) is 11.1 Å². The van der Waals surface area contributed by atoms with Crippen LogP contribution in [0.3, 0.4) is 0 Å². The first kappa shape index (κ1) is 25.0. The number of rotatable bonds is 10. The first-order chi connectivity index (χ1) is 17.3. The number of imide groups is 1. The number of pyridine rings is 1. The number of methoxy groups -OCH3 is 1. The fraction of sp³-hybridized carbons (Fsp3) is 0.259. The molecule has 1 aliphatic rings. The zero-order valence-corrected chi connectivity index (χ0v) is 19.6. The van der Waals surface area contributed by atoms with Crippen molar-refractivity contribution >= 4 is 17.8 Å². The van der Waals surface area contributed by atoms with Crippen molar-refractivity contribution in [1.29, 1.82) is 0 Å². The van der Waals surface area contributed by atoms with Crippen LogP contribution in [0.2, 0.25) is 0 Å². The van der Waals surface area contributed by atoms with Gasteiger partial charge >= 0.3 is 5.97 Å². The Hall–Kier alpha value is -4.11. The fourth-order valence-corrected chi connectivity index (χ4v) is 4.32. The molecule has 0 saturated heterocycles. The van der Waals surface area contributed by atoms with E-state index >= 15 is 0 Å². The number of carbonyl (C=O) groups excluding carboxylic acids is 2. The molecule has 0 bridgehead atoms. The molecule has 0 aliphatic carbocycles. The zero-order chi connectivity index (χ0) is 25.8. The molecule has 0 radical (unpaired) electrons. The molecular weight excluding hydrogens is 467 g/mol. The van der Waals surface area contributed by atoms with Crippen LogP contribution in [0.4, 0.5) is 4.39 Å². The maximum Gasteiger partial charge on any atom is 0.309 e. The van der Waals surface area contributed by atoms with E-state index in [2.05, 4.69) is 4.98 Å². The largest absolute Gasteiger partial charge is 0.481 e. The second kappa shape index (κ2) is 10.7. The number of benzene rings is 2. The summed E-state index contributed by atoms with van der Waals surface area (Å²) < 4.78 is 19.5. The number of halogens is 1. The number of fused-ring (bicyclic) bond motifs is 1. The average Bonchev–Trinajstić information content (AvgIpc) is 3.13. The number of nitrogens with zero attached hydrogens (tertiary/aromatic N) is 2. The van der Waals surface area contributed by atoms with E-state index in [4.69, 9.17) is 4.74 Å². The van der Waals surface area contributed by atoms with Crippen molar-refractivity contribution in [3.05, 3.63) is 83.3 Å². The molecule has 3 aromatic rings. The number of aryl methyl sites for hydroxylation is 1. The highest BCUT2D eigenvalue weighted by atomic mass is 19.1. The van der Waals surface area contributed by atoms with Gasteiger partial charge in [-0.1, -0.05) is 18.2 Å². The summed E-state index contributed by atoms with van der Waals surface area (Å²) in [5.74, 6) is -3.37. The molecule has 0 saturated carbocycles. The molecule has 0 fully saturated rings. The van der Waals surface area contributed by atoms with Gasteiger partial charge in [-0.05, 0) is 55.2 Å². The van der Waals surface area contributed by atoms with Crippen LogP contribution in [0.15, 0.2) is 60.8 Å². The van der Waals surface area contributed by atoms with Gasteiger partial charge in [0, 0.05) is 29.9 Å². The normalized spacial score (nSPS) is 14.5. The molecule has 36 heavy (non-hydrogen) atoms. The van der Waals surface area contributed by atoms with E-state index < -0.39 is 35.6 Å². The zero-order valence-electron chi connectivity index (χ0n) is 19.6. The van der Waals surface area contributed by atoms with Crippen LogP contribution in [-0.2, 0) is 11.2 Å². The maximum atomic E-state index is 14.4. The number of aliphatic hydroxyl groups is 1. The van der Waals surface area contributed by atoms with Crippen LogP contribution in [-0.4, -0.2) is 57.6 Å². The molecule has 2 atom stereocenters. The van der Waals surface area contributed by atoms with Crippen LogP contribution in [0.5, 0.6) is 5.88 Å². The number of carbonyl (C=O) groups is 3. The molecule has 2 amide bonds. The molecule has 8 nitrogen and oxygen atoms in total. The number of hydrogen-bond donors (Lipinski definition) is 2. The molecule has 4 rings (SSSR count). The van der Waals surface area contributed by atoms with E-state index in [1.165, 1.54) is 19.4 Å². The van der Waals surface area contributed by atoms with Gasteiger partial charge in [0.1, 0.15) is 5.82 Å². The van der Waals surface area contributed by atoms with Gasteiger partial charge in [-0.2, -0.15) is 0 Å². The van der Waals surface area contributed by atoms with Crippen molar-refractivity contribution in [3.8, 4) is 17.0 Å². The molecule has 2 N–H and O–H groups in total. The van der Waals surface area contributed by atoms with Crippen LogP contribution >= 0.6 is 0 Å². The number of aromatic nitrogens is 1. The van der Waals surface area contributed by atoms with Crippen LogP contribution < -0.4 is 4.74 Å². The second-order valence-corrected chi connectivity index (χ2v) is 8.55. The lowest BCUT2D eigenvalue weighted by molar-refractivity contribution is -0.146. The molecular formula is C27H25FN2O6. The molecule has 186 valence electrons. The summed E-state index contributed by atoms with van der Waals surface area (Å²) in [7, 11) is 1.48. The van der Waals surface area contributed by atoms with E-state index in [-0.39, 0.29) is 30.5 Å². The lowest BCUT2D eigenvalue weighted by atomic mass is 9.92. The first-order valence-corrected chi connectivity index (χ1v) is 11.4. The lowest BCUT2D eigenvalue weighted by Crippen LogP contribution is -2.36. The summed E-state index contributed by atoms with van der Waals surface area (Å²) in [4.78, 5) is 42.0. The number of carboxylic acids is 1. The van der Waals surface area contributed by atoms with Gasteiger partial charge in [0.25, 0.3) is 11.8 Å². The third-order valence-electron chi connectivity index (χ3n) is 6.34. The summed E-state index contributed by atoms with van der Waals surface area (Å²) in [5, 5.41) is 20.3. The third-order valence-corrected chi connectivity index (χ3v) is 6.34. The summed E-state index contributed by atoms with van der Waals surface area (Å²) in [6.07, 6.45) is 0.581. The van der Waals surface area contributed by atoms with Crippen LogP contribution in [0, 0.1) is 11.7 Å². The summed E-state index contributed by atoms with van der Waals surface area (Å²) >= 11 is 0. The van der Waals surface area contributed by atoms with Crippen molar-refractivity contribution in [2.24, 2.45) is 5.92 Å². The van der Waals surface area contributed by atoms with Gasteiger partial charge < -0.3 is 14.9 Å². The predicted molar refractivity (Wildman–Crippen MR) is 128 cm³/mol. The highest BCUT2D eigenvalue weighted by Gasteiger charge is 2.36. The van der Waals surface area contributed by atoms with Gasteiger partial charge in [-0.3, -0.25) is 19.3 Å². The van der Waals surface area contributed by atoms with E-state index in [9.17, 15) is 29.0 Å². The van der Waals surface area contributed by atoms with Gasteiger partial charge in [0.2, 0.25) is 5.88 Å². The Morgan fingerprint density at radius 3 is 2.31 bits per heavy atom. The smallest absolute Gasteiger partial charge is 0.309 e. The Kier molecular flexibility index (Phi) is 7.40. The number of aliphatic carboxylic acids is 1. The Morgan fingerprint density at radius 2 is 1.72 bits per heavy atom. The minimum Gasteiger partial charge on any atom is -0.481 e. The topological polar surface area (TPSA) is 117 Å². The highest BCUT2D eigenvalue weighted by Crippen LogP contribution is 2.27. The van der Waals surface area contributed by atoms with E-state index in [0.29, 0.717) is 29.0 Å². The first-order valence-electron chi connectivity index (χ1n) is 11.4. The number of ether oxygens (including phenoxy) is 1. The minimum atomic E-state index is -1.23. The van der Waals surface area contributed by atoms with Gasteiger partial charge in [-0.25, -0.2) is 9.37 Å². The molecule has 1 aliphatic heterocycles. The number of aliphatic hydroxyl groups excluding tert-OH is 1. The molecule has 2 heterocycles. The number of hydrogen-bond acceptors (Lipinski definition) is 6. The summed E-state index contributed by atoms with van der Waals surface area (Å²) in [6, 6.07) is 14.3. The molecule has 9 heteroatoms. The van der Waals surface area contributed by atoms with Gasteiger partial charge in [0.15, 0.2) is 0 Å². The average molecular weight is 493 g/mol. The molecule has 2 aromatic carbocycles.